The molecule has 0 spiro atoms. The van der Waals surface area contributed by atoms with E-state index in [1.54, 1.807) is 29.0 Å². The maximum Gasteiger partial charge on any atom is 0.410 e. The average molecular weight is 504 g/mol. The van der Waals surface area contributed by atoms with Gasteiger partial charge in [-0.2, -0.15) is 0 Å². The summed E-state index contributed by atoms with van der Waals surface area (Å²) in [5, 5.41) is 10.1. The van der Waals surface area contributed by atoms with Gasteiger partial charge in [-0.25, -0.2) is 9.59 Å². The average Bonchev–Trinajstić information content (AvgIpc) is 3.15. The van der Waals surface area contributed by atoms with Gasteiger partial charge in [0.05, 0.1) is 11.1 Å². The second-order valence-corrected chi connectivity index (χ2v) is 10.4. The molecule has 8 nitrogen and oxygen atoms in total. The summed E-state index contributed by atoms with van der Waals surface area (Å²) in [5.41, 5.74) is 4.49. The van der Waals surface area contributed by atoms with Crippen LogP contribution in [0.15, 0.2) is 48.5 Å². The molecule has 0 bridgehead atoms. The van der Waals surface area contributed by atoms with Crippen LogP contribution in [0.1, 0.15) is 58.3 Å². The normalized spacial score (nSPS) is 13.2. The summed E-state index contributed by atoms with van der Waals surface area (Å²) in [5.74, 6) is -1.24. The molecule has 2 aromatic carbocycles. The van der Waals surface area contributed by atoms with Gasteiger partial charge in [-0.1, -0.05) is 18.2 Å². The van der Waals surface area contributed by atoms with Crippen molar-refractivity contribution in [2.24, 2.45) is 7.05 Å². The SMILES string of the molecule is Cc1c(C(=O)N(C)c2ccccc2)cc(-c2cc3c(cc2C(=O)O)CN(C(=O)OC(C)(C)C)CC3)n1C. The number of carbonyl (C=O) groups excluding carboxylic acids is 2. The van der Waals surface area contributed by atoms with Gasteiger partial charge in [-0.05, 0) is 75.6 Å². The van der Waals surface area contributed by atoms with Gasteiger partial charge in [-0.3, -0.25) is 4.79 Å². The second kappa shape index (κ2) is 9.76. The summed E-state index contributed by atoms with van der Waals surface area (Å²) < 4.78 is 7.36. The van der Waals surface area contributed by atoms with Gasteiger partial charge < -0.3 is 24.2 Å². The van der Waals surface area contributed by atoms with Crippen LogP contribution >= 0.6 is 0 Å². The number of rotatable bonds is 4. The van der Waals surface area contributed by atoms with Crippen LogP contribution in [0, 0.1) is 6.92 Å². The molecule has 1 aliphatic heterocycles. The van der Waals surface area contributed by atoms with Crippen molar-refractivity contribution in [3.63, 3.8) is 0 Å². The van der Waals surface area contributed by atoms with E-state index in [2.05, 4.69) is 0 Å². The number of ether oxygens (including phenoxy) is 1. The third-order valence-electron chi connectivity index (χ3n) is 6.72. The zero-order valence-corrected chi connectivity index (χ0v) is 22.2. The Kier molecular flexibility index (Phi) is 6.86. The number of nitrogens with zero attached hydrogens (tertiary/aromatic N) is 3. The molecule has 0 saturated heterocycles. The van der Waals surface area contributed by atoms with E-state index in [1.165, 1.54) is 0 Å². The molecule has 1 aromatic heterocycles. The number of para-hydroxylation sites is 1. The van der Waals surface area contributed by atoms with Gasteiger partial charge in [0, 0.05) is 49.8 Å². The summed E-state index contributed by atoms with van der Waals surface area (Å²) in [6, 6.07) is 14.7. The quantitative estimate of drug-likeness (QED) is 0.524. The van der Waals surface area contributed by atoms with Crippen LogP contribution in [0.5, 0.6) is 0 Å². The van der Waals surface area contributed by atoms with Crippen LogP contribution in [-0.2, 0) is 24.8 Å². The Morgan fingerprint density at radius 2 is 1.68 bits per heavy atom. The minimum absolute atomic E-state index is 0.126. The molecule has 0 fully saturated rings. The van der Waals surface area contributed by atoms with Crippen molar-refractivity contribution in [2.75, 3.05) is 18.5 Å². The van der Waals surface area contributed by atoms with E-state index in [-0.39, 0.29) is 18.0 Å². The molecule has 2 amide bonds. The smallest absolute Gasteiger partial charge is 0.410 e. The number of benzene rings is 2. The van der Waals surface area contributed by atoms with E-state index in [1.807, 2.05) is 75.7 Å². The van der Waals surface area contributed by atoms with E-state index in [0.717, 1.165) is 22.5 Å². The summed E-state index contributed by atoms with van der Waals surface area (Å²) >= 11 is 0. The molecule has 0 radical (unpaired) electrons. The largest absolute Gasteiger partial charge is 0.478 e. The van der Waals surface area contributed by atoms with Crippen molar-refractivity contribution < 1.29 is 24.2 Å². The Bertz CT molecular complexity index is 1370. The summed E-state index contributed by atoms with van der Waals surface area (Å²) in [4.78, 5) is 41.5. The fourth-order valence-corrected chi connectivity index (χ4v) is 4.60. The number of carboxylic acids is 1. The van der Waals surface area contributed by atoms with Crippen molar-refractivity contribution >= 4 is 23.7 Å². The van der Waals surface area contributed by atoms with Crippen molar-refractivity contribution in [3.8, 4) is 11.3 Å². The molecule has 0 saturated carbocycles. The highest BCUT2D eigenvalue weighted by molar-refractivity contribution is 6.08. The number of amides is 2. The standard InChI is InChI=1S/C29H33N3O5/c1-18-22(26(33)31(6)21-10-8-7-9-11-21)16-25(30(18)5)23-14-19-12-13-32(28(36)37-29(2,3)4)17-20(19)15-24(23)27(34)35/h7-11,14-16H,12-13,17H2,1-6H3,(H,34,35). The Labute approximate surface area is 217 Å². The number of carboxylic acid groups (broad SMARTS) is 1. The zero-order valence-electron chi connectivity index (χ0n) is 22.2. The number of hydrogen-bond donors (Lipinski definition) is 1. The molecule has 194 valence electrons. The molecule has 2 heterocycles. The molecule has 1 aliphatic rings. The lowest BCUT2D eigenvalue weighted by atomic mass is 9.92. The van der Waals surface area contributed by atoms with Crippen LogP contribution in [0.25, 0.3) is 11.3 Å². The highest BCUT2D eigenvalue weighted by Gasteiger charge is 2.29. The number of fused-ring (bicyclic) bond motifs is 1. The maximum atomic E-state index is 13.4. The highest BCUT2D eigenvalue weighted by atomic mass is 16.6. The predicted molar refractivity (Wildman–Crippen MR) is 142 cm³/mol. The van der Waals surface area contributed by atoms with Crippen LogP contribution < -0.4 is 4.90 Å². The first-order valence-corrected chi connectivity index (χ1v) is 12.2. The Morgan fingerprint density at radius 1 is 1.00 bits per heavy atom. The number of aromatic nitrogens is 1. The fourth-order valence-electron chi connectivity index (χ4n) is 4.60. The van der Waals surface area contributed by atoms with Crippen molar-refractivity contribution in [1.29, 1.82) is 0 Å². The number of aromatic carboxylic acids is 1. The zero-order chi connectivity index (χ0) is 27.1. The van der Waals surface area contributed by atoms with Crippen LogP contribution in [0.4, 0.5) is 10.5 Å². The topological polar surface area (TPSA) is 92.1 Å². The first-order chi connectivity index (χ1) is 17.4. The van der Waals surface area contributed by atoms with Gasteiger partial charge >= 0.3 is 12.1 Å². The molecule has 0 unspecified atom stereocenters. The number of hydrogen-bond acceptors (Lipinski definition) is 4. The minimum Gasteiger partial charge on any atom is -0.478 e. The predicted octanol–water partition coefficient (Wildman–Crippen LogP) is 5.27. The second-order valence-electron chi connectivity index (χ2n) is 10.4. The van der Waals surface area contributed by atoms with Gasteiger partial charge in [0.15, 0.2) is 0 Å². The molecular weight excluding hydrogens is 470 g/mol. The lowest BCUT2D eigenvalue weighted by Gasteiger charge is -2.31. The van der Waals surface area contributed by atoms with Crippen LogP contribution in [0.2, 0.25) is 0 Å². The number of carbonyl (C=O) groups is 3. The third-order valence-corrected chi connectivity index (χ3v) is 6.72. The van der Waals surface area contributed by atoms with Gasteiger partial charge in [0.25, 0.3) is 5.91 Å². The highest BCUT2D eigenvalue weighted by Crippen LogP contribution is 2.33. The monoisotopic (exact) mass is 503 g/mol. The van der Waals surface area contributed by atoms with Crippen molar-refractivity contribution in [2.45, 2.75) is 46.3 Å². The Morgan fingerprint density at radius 3 is 2.30 bits per heavy atom. The van der Waals surface area contributed by atoms with E-state index in [0.29, 0.717) is 29.8 Å². The maximum absolute atomic E-state index is 13.4. The summed E-state index contributed by atoms with van der Waals surface area (Å²) in [6.07, 6.45) is 0.163. The van der Waals surface area contributed by atoms with Gasteiger partial charge in [0.1, 0.15) is 5.60 Å². The Balaban J connectivity index is 1.70. The molecule has 0 aliphatic carbocycles. The van der Waals surface area contributed by atoms with Gasteiger partial charge in [-0.15, -0.1) is 0 Å². The fraction of sp³-hybridized carbons (Fsp3) is 0.345. The molecule has 0 atom stereocenters. The molecule has 1 N–H and O–H groups in total. The van der Waals surface area contributed by atoms with Gasteiger partial charge in [0.2, 0.25) is 0 Å². The lowest BCUT2D eigenvalue weighted by Crippen LogP contribution is -2.40. The lowest BCUT2D eigenvalue weighted by molar-refractivity contribution is 0.0224. The third kappa shape index (κ3) is 5.23. The molecule has 37 heavy (non-hydrogen) atoms. The van der Waals surface area contributed by atoms with Crippen molar-refractivity contribution in [3.05, 3.63) is 76.5 Å². The van der Waals surface area contributed by atoms with E-state index in [9.17, 15) is 19.5 Å². The van der Waals surface area contributed by atoms with E-state index >= 15 is 0 Å². The van der Waals surface area contributed by atoms with Crippen LogP contribution in [-0.4, -0.2) is 51.7 Å². The van der Waals surface area contributed by atoms with Crippen LogP contribution in [0.3, 0.4) is 0 Å². The van der Waals surface area contributed by atoms with E-state index < -0.39 is 17.7 Å². The molecular formula is C29H33N3O5. The molecule has 4 rings (SSSR count). The minimum atomic E-state index is -1.07. The Hall–Kier alpha value is -4.07. The number of anilines is 1. The molecule has 8 heteroatoms. The summed E-state index contributed by atoms with van der Waals surface area (Å²) in [6.45, 7) is 8.06. The van der Waals surface area contributed by atoms with Crippen molar-refractivity contribution in [1.82, 2.24) is 9.47 Å². The molecule has 3 aromatic rings. The first-order valence-electron chi connectivity index (χ1n) is 12.2. The summed E-state index contributed by atoms with van der Waals surface area (Å²) in [7, 11) is 3.56. The first kappa shape index (κ1) is 26.0. The van der Waals surface area contributed by atoms with E-state index in [4.69, 9.17) is 4.74 Å².